The van der Waals surface area contributed by atoms with E-state index in [1.54, 1.807) is 0 Å². The highest BCUT2D eigenvalue weighted by molar-refractivity contribution is 6.33. The lowest BCUT2D eigenvalue weighted by Crippen LogP contribution is -2.24. The molecule has 0 heterocycles. The number of rotatable bonds is 5. The molecular formula is C12H19ClN2. The monoisotopic (exact) mass is 226 g/mol. The molecule has 0 aliphatic rings. The van der Waals surface area contributed by atoms with Crippen molar-refractivity contribution in [3.8, 4) is 0 Å². The predicted octanol–water partition coefficient (Wildman–Crippen LogP) is 3.55. The van der Waals surface area contributed by atoms with Crippen LogP contribution in [-0.4, -0.2) is 13.1 Å². The van der Waals surface area contributed by atoms with Gasteiger partial charge in [0.2, 0.25) is 0 Å². The zero-order valence-corrected chi connectivity index (χ0v) is 10.2. The summed E-state index contributed by atoms with van der Waals surface area (Å²) in [6.45, 7) is 6.49. The maximum atomic E-state index is 5.90. The fraction of sp³-hybridized carbons (Fsp3) is 0.500. The Bertz CT molecular complexity index is 306. The van der Waals surface area contributed by atoms with Gasteiger partial charge in [-0.1, -0.05) is 25.4 Å². The maximum Gasteiger partial charge on any atom is 0.0636 e. The van der Waals surface area contributed by atoms with Gasteiger partial charge < -0.3 is 10.6 Å². The fourth-order valence-electron chi connectivity index (χ4n) is 1.64. The van der Waals surface area contributed by atoms with Gasteiger partial charge >= 0.3 is 0 Å². The van der Waals surface area contributed by atoms with Crippen molar-refractivity contribution in [2.75, 3.05) is 23.7 Å². The minimum Gasteiger partial charge on any atom is -0.397 e. The Morgan fingerprint density at radius 3 is 2.27 bits per heavy atom. The summed E-state index contributed by atoms with van der Waals surface area (Å²) in [5.41, 5.74) is 7.62. The Hall–Kier alpha value is -0.890. The minimum atomic E-state index is 0.631. The lowest BCUT2D eigenvalue weighted by Gasteiger charge is -2.24. The van der Waals surface area contributed by atoms with Crippen molar-refractivity contribution in [2.24, 2.45) is 0 Å². The van der Waals surface area contributed by atoms with Crippen molar-refractivity contribution >= 4 is 23.0 Å². The summed E-state index contributed by atoms with van der Waals surface area (Å²) in [6.07, 6.45) is 2.28. The Labute approximate surface area is 97.0 Å². The molecule has 0 amide bonds. The zero-order chi connectivity index (χ0) is 11.3. The van der Waals surface area contributed by atoms with Gasteiger partial charge in [-0.25, -0.2) is 0 Å². The van der Waals surface area contributed by atoms with Crippen molar-refractivity contribution in [3.05, 3.63) is 23.2 Å². The number of anilines is 2. The van der Waals surface area contributed by atoms with Gasteiger partial charge in [0.15, 0.2) is 0 Å². The van der Waals surface area contributed by atoms with E-state index in [-0.39, 0.29) is 0 Å². The van der Waals surface area contributed by atoms with Crippen LogP contribution in [0.2, 0.25) is 5.02 Å². The molecular weight excluding hydrogens is 208 g/mol. The number of benzene rings is 1. The molecule has 0 saturated carbocycles. The van der Waals surface area contributed by atoms with Crippen LogP contribution in [-0.2, 0) is 0 Å². The lowest BCUT2D eigenvalue weighted by atomic mass is 10.2. The molecule has 15 heavy (non-hydrogen) atoms. The number of nitrogen functional groups attached to an aromatic ring is 1. The standard InChI is InChI=1S/C12H19ClN2/c1-3-7-15(8-4-2)10-5-6-11(13)12(14)9-10/h5-6,9H,3-4,7-8,14H2,1-2H3. The van der Waals surface area contributed by atoms with Crippen LogP contribution in [0.1, 0.15) is 26.7 Å². The third kappa shape index (κ3) is 3.31. The van der Waals surface area contributed by atoms with Gasteiger partial charge in [-0.2, -0.15) is 0 Å². The van der Waals surface area contributed by atoms with Crippen LogP contribution in [0.5, 0.6) is 0 Å². The minimum absolute atomic E-state index is 0.631. The van der Waals surface area contributed by atoms with Crippen molar-refractivity contribution in [1.82, 2.24) is 0 Å². The Balaban J connectivity index is 2.85. The van der Waals surface area contributed by atoms with Gasteiger partial charge in [-0.3, -0.25) is 0 Å². The smallest absolute Gasteiger partial charge is 0.0636 e. The largest absolute Gasteiger partial charge is 0.397 e. The van der Waals surface area contributed by atoms with Crippen molar-refractivity contribution in [1.29, 1.82) is 0 Å². The number of halogens is 1. The van der Waals surface area contributed by atoms with Crippen LogP contribution in [0.4, 0.5) is 11.4 Å². The van der Waals surface area contributed by atoms with E-state index in [1.807, 2.05) is 18.2 Å². The molecule has 2 N–H and O–H groups in total. The summed E-state index contributed by atoms with van der Waals surface area (Å²) in [5, 5.41) is 0.631. The number of nitrogens with two attached hydrogens (primary N) is 1. The van der Waals surface area contributed by atoms with Crippen LogP contribution in [0.15, 0.2) is 18.2 Å². The molecule has 0 atom stereocenters. The average molecular weight is 227 g/mol. The average Bonchev–Trinajstić information content (AvgIpc) is 2.22. The second-order valence-corrected chi connectivity index (χ2v) is 4.10. The predicted molar refractivity (Wildman–Crippen MR) is 68.7 cm³/mol. The molecule has 0 unspecified atom stereocenters. The lowest BCUT2D eigenvalue weighted by molar-refractivity contribution is 0.745. The number of hydrogen-bond acceptors (Lipinski definition) is 2. The van der Waals surface area contributed by atoms with E-state index in [1.165, 1.54) is 5.69 Å². The fourth-order valence-corrected chi connectivity index (χ4v) is 1.76. The number of nitrogens with zero attached hydrogens (tertiary/aromatic N) is 1. The normalized spacial score (nSPS) is 10.3. The molecule has 0 bridgehead atoms. The SMILES string of the molecule is CCCN(CCC)c1ccc(Cl)c(N)c1. The molecule has 1 aromatic rings. The first-order valence-electron chi connectivity index (χ1n) is 5.49. The molecule has 0 aliphatic heterocycles. The van der Waals surface area contributed by atoms with Gasteiger partial charge in [0, 0.05) is 18.8 Å². The second kappa shape index (κ2) is 5.86. The zero-order valence-electron chi connectivity index (χ0n) is 9.46. The molecule has 0 radical (unpaired) electrons. The highest BCUT2D eigenvalue weighted by atomic mass is 35.5. The molecule has 0 aliphatic carbocycles. The quantitative estimate of drug-likeness (QED) is 0.779. The summed E-state index contributed by atoms with van der Waals surface area (Å²) in [7, 11) is 0. The molecule has 1 rings (SSSR count). The van der Waals surface area contributed by atoms with Crippen LogP contribution in [0, 0.1) is 0 Å². The molecule has 0 spiro atoms. The van der Waals surface area contributed by atoms with E-state index in [9.17, 15) is 0 Å². The highest BCUT2D eigenvalue weighted by Crippen LogP contribution is 2.25. The van der Waals surface area contributed by atoms with Gasteiger partial charge in [0.05, 0.1) is 10.7 Å². The summed E-state index contributed by atoms with van der Waals surface area (Å²) >= 11 is 5.90. The Morgan fingerprint density at radius 1 is 1.20 bits per heavy atom. The first kappa shape index (κ1) is 12.2. The van der Waals surface area contributed by atoms with Crippen LogP contribution in [0.25, 0.3) is 0 Å². The van der Waals surface area contributed by atoms with Gasteiger partial charge in [0.25, 0.3) is 0 Å². The van der Waals surface area contributed by atoms with Crippen molar-refractivity contribution in [2.45, 2.75) is 26.7 Å². The Kier molecular flexibility index (Phi) is 4.76. The van der Waals surface area contributed by atoms with E-state index < -0.39 is 0 Å². The maximum absolute atomic E-state index is 5.90. The summed E-state index contributed by atoms with van der Waals surface area (Å²) in [5.74, 6) is 0. The molecule has 3 heteroatoms. The van der Waals surface area contributed by atoms with Gasteiger partial charge in [0.1, 0.15) is 0 Å². The topological polar surface area (TPSA) is 29.3 Å². The Morgan fingerprint density at radius 2 is 1.80 bits per heavy atom. The van der Waals surface area contributed by atoms with E-state index in [4.69, 9.17) is 17.3 Å². The van der Waals surface area contributed by atoms with E-state index in [0.29, 0.717) is 10.7 Å². The third-order valence-electron chi connectivity index (χ3n) is 2.33. The third-order valence-corrected chi connectivity index (χ3v) is 2.68. The number of hydrogen-bond donors (Lipinski definition) is 1. The molecule has 2 nitrogen and oxygen atoms in total. The van der Waals surface area contributed by atoms with Crippen LogP contribution >= 0.6 is 11.6 Å². The van der Waals surface area contributed by atoms with Crippen molar-refractivity contribution in [3.63, 3.8) is 0 Å². The molecule has 84 valence electrons. The second-order valence-electron chi connectivity index (χ2n) is 3.69. The van der Waals surface area contributed by atoms with Crippen molar-refractivity contribution < 1.29 is 0 Å². The van der Waals surface area contributed by atoms with Crippen LogP contribution < -0.4 is 10.6 Å². The first-order valence-corrected chi connectivity index (χ1v) is 5.86. The van der Waals surface area contributed by atoms with Gasteiger partial charge in [-0.05, 0) is 31.0 Å². The molecule has 0 saturated heterocycles. The summed E-state index contributed by atoms with van der Waals surface area (Å²) in [4.78, 5) is 2.34. The first-order chi connectivity index (χ1) is 7.19. The van der Waals surface area contributed by atoms with Crippen LogP contribution in [0.3, 0.4) is 0 Å². The molecule has 0 fully saturated rings. The van der Waals surface area contributed by atoms with E-state index >= 15 is 0 Å². The highest BCUT2D eigenvalue weighted by Gasteiger charge is 2.05. The van der Waals surface area contributed by atoms with E-state index in [0.717, 1.165) is 25.9 Å². The van der Waals surface area contributed by atoms with Gasteiger partial charge in [-0.15, -0.1) is 0 Å². The molecule has 1 aromatic carbocycles. The van der Waals surface area contributed by atoms with E-state index in [2.05, 4.69) is 18.7 Å². The molecule has 0 aromatic heterocycles. The summed E-state index contributed by atoms with van der Waals surface area (Å²) < 4.78 is 0. The summed E-state index contributed by atoms with van der Waals surface area (Å²) in [6, 6.07) is 5.85.